The van der Waals surface area contributed by atoms with Crippen LogP contribution in [0, 0.1) is 0 Å². The number of hydrogen-bond acceptors (Lipinski definition) is 7. The molecule has 0 amide bonds. The van der Waals surface area contributed by atoms with Gasteiger partial charge in [-0.3, -0.25) is 4.79 Å². The van der Waals surface area contributed by atoms with Gasteiger partial charge in [0, 0.05) is 17.5 Å². The van der Waals surface area contributed by atoms with Gasteiger partial charge in [0.2, 0.25) is 0 Å². The summed E-state index contributed by atoms with van der Waals surface area (Å²) in [6, 6.07) is 6.82. The zero-order valence-electron chi connectivity index (χ0n) is 23.3. The third-order valence-electron chi connectivity index (χ3n) is 6.70. The van der Waals surface area contributed by atoms with Gasteiger partial charge in [0.15, 0.2) is 28.2 Å². The second-order valence-electron chi connectivity index (χ2n) is 10.8. The topological polar surface area (TPSA) is 107 Å². The molecule has 1 aliphatic heterocycles. The quantitative estimate of drug-likeness (QED) is 0.260. The summed E-state index contributed by atoms with van der Waals surface area (Å²) in [5, 5.41) is 11.5. The molecule has 3 rings (SSSR count). The van der Waals surface area contributed by atoms with Gasteiger partial charge in [-0.15, -0.1) is 0 Å². The number of nitrogens with one attached hydrogen (secondary N) is 1. The lowest BCUT2D eigenvalue weighted by atomic mass is 9.87. The van der Waals surface area contributed by atoms with E-state index in [0.717, 1.165) is 6.42 Å². The third kappa shape index (κ3) is 6.50. The maximum Gasteiger partial charge on any atom is 0.171 e. The molecule has 210 valence electrons. The first-order valence-electron chi connectivity index (χ1n) is 12.9. The number of pyridine rings is 1. The number of ether oxygens (including phenoxy) is 3. The highest BCUT2D eigenvalue weighted by Gasteiger charge is 2.45. The molecule has 0 saturated carbocycles. The lowest BCUT2D eigenvalue weighted by Gasteiger charge is -2.32. The van der Waals surface area contributed by atoms with Crippen molar-refractivity contribution in [3.8, 4) is 17.2 Å². The third-order valence-corrected chi connectivity index (χ3v) is 8.64. The van der Waals surface area contributed by atoms with Gasteiger partial charge in [0.1, 0.15) is 12.2 Å². The Kier molecular flexibility index (Phi) is 9.50. The van der Waals surface area contributed by atoms with Gasteiger partial charge in [-0.1, -0.05) is 25.4 Å². The van der Waals surface area contributed by atoms with Crippen molar-refractivity contribution in [2.75, 3.05) is 20.3 Å². The fraction of sp³-hybridized carbons (Fsp3) is 0.571. The number of nitrogens with zero attached hydrogens (tertiary/aromatic N) is 1. The normalized spacial score (nSPS) is 19.3. The van der Waals surface area contributed by atoms with Gasteiger partial charge in [0.05, 0.1) is 40.7 Å². The Labute approximate surface area is 233 Å². The summed E-state index contributed by atoms with van der Waals surface area (Å²) in [5.74, 6) is 1.34. The van der Waals surface area contributed by atoms with E-state index in [1.807, 2.05) is 34.6 Å². The summed E-state index contributed by atoms with van der Waals surface area (Å²) in [6.07, 6.45) is 1.63. The van der Waals surface area contributed by atoms with E-state index in [1.54, 1.807) is 31.2 Å². The van der Waals surface area contributed by atoms with E-state index in [9.17, 15) is 14.1 Å². The summed E-state index contributed by atoms with van der Waals surface area (Å²) < 4.78 is 32.7. The second-order valence-corrected chi connectivity index (χ2v) is 13.1. The standard InChI is InChI=1S/C28H39ClN2O6S/c1-8-14-36-21-11-10-18(15-22(21)35-7)20(32)12-13-27(6,33)23-16-19-24(25(29)30-23)37-17-28(19,9-2)31-38(34)26(3,4)5/h10-11,15-16,31,33H,8-9,12-14,17H2,1-7H3. The molecule has 2 N–H and O–H groups in total. The number of aliphatic hydroxyl groups is 1. The van der Waals surface area contributed by atoms with Crippen molar-refractivity contribution >= 4 is 28.4 Å². The van der Waals surface area contributed by atoms with Crippen molar-refractivity contribution in [2.45, 2.75) is 83.1 Å². The van der Waals surface area contributed by atoms with Crippen molar-refractivity contribution in [3.05, 3.63) is 46.2 Å². The lowest BCUT2D eigenvalue weighted by Crippen LogP contribution is -2.49. The van der Waals surface area contributed by atoms with Gasteiger partial charge in [0.25, 0.3) is 0 Å². The maximum atomic E-state index is 13.0. The predicted molar refractivity (Wildman–Crippen MR) is 150 cm³/mol. The number of rotatable bonds is 12. The SMILES string of the molecule is CCCOc1ccc(C(=O)CCC(C)(O)c2cc3c(c(Cl)n2)OCC3(CC)NS(=O)C(C)(C)C)cc1OC. The number of aromatic nitrogens is 1. The van der Waals surface area contributed by atoms with Crippen LogP contribution < -0.4 is 18.9 Å². The number of benzene rings is 1. The minimum absolute atomic E-state index is 0.0728. The van der Waals surface area contributed by atoms with Crippen LogP contribution in [0.3, 0.4) is 0 Å². The first-order valence-corrected chi connectivity index (χ1v) is 14.4. The number of carbonyl (C=O) groups excluding carboxylic acids is 1. The Morgan fingerprint density at radius 1 is 1.24 bits per heavy atom. The zero-order chi connectivity index (χ0) is 28.3. The van der Waals surface area contributed by atoms with Crippen LogP contribution in [0.5, 0.6) is 17.2 Å². The molecule has 38 heavy (non-hydrogen) atoms. The van der Waals surface area contributed by atoms with E-state index >= 15 is 0 Å². The van der Waals surface area contributed by atoms with Crippen LogP contribution in [0.1, 0.15) is 88.8 Å². The zero-order valence-corrected chi connectivity index (χ0v) is 24.8. The van der Waals surface area contributed by atoms with Crippen LogP contribution >= 0.6 is 11.6 Å². The molecular formula is C28H39ClN2O6S. The van der Waals surface area contributed by atoms with Crippen LogP contribution in [-0.2, 0) is 22.1 Å². The molecule has 0 aliphatic carbocycles. The number of hydrogen-bond donors (Lipinski definition) is 2. The predicted octanol–water partition coefficient (Wildman–Crippen LogP) is 5.45. The number of Topliss-reactive ketones (excluding diaryl/α,β-unsaturated/α-hetero) is 1. The van der Waals surface area contributed by atoms with Crippen molar-refractivity contribution in [1.82, 2.24) is 9.71 Å². The van der Waals surface area contributed by atoms with Crippen molar-refractivity contribution in [3.63, 3.8) is 0 Å². The smallest absolute Gasteiger partial charge is 0.171 e. The van der Waals surface area contributed by atoms with Crippen molar-refractivity contribution in [2.24, 2.45) is 0 Å². The Bertz CT molecular complexity index is 1200. The van der Waals surface area contributed by atoms with Crippen molar-refractivity contribution in [1.29, 1.82) is 0 Å². The van der Waals surface area contributed by atoms with E-state index in [4.69, 9.17) is 25.8 Å². The fourth-order valence-electron chi connectivity index (χ4n) is 4.13. The maximum absolute atomic E-state index is 13.0. The molecule has 3 unspecified atom stereocenters. The number of fused-ring (bicyclic) bond motifs is 1. The van der Waals surface area contributed by atoms with E-state index in [1.165, 1.54) is 7.11 Å². The summed E-state index contributed by atoms with van der Waals surface area (Å²) in [5.41, 5.74) is -0.714. The molecule has 8 nitrogen and oxygen atoms in total. The van der Waals surface area contributed by atoms with Gasteiger partial charge in [-0.25, -0.2) is 13.9 Å². The highest BCUT2D eigenvalue weighted by Crippen LogP contribution is 2.45. The Hall–Kier alpha value is -2.20. The van der Waals surface area contributed by atoms with Crippen LogP contribution in [0.4, 0.5) is 0 Å². The van der Waals surface area contributed by atoms with Gasteiger partial charge >= 0.3 is 0 Å². The minimum Gasteiger partial charge on any atom is -0.493 e. The molecule has 0 bridgehead atoms. The van der Waals surface area contributed by atoms with Gasteiger partial charge < -0.3 is 19.3 Å². The van der Waals surface area contributed by atoms with Gasteiger partial charge in [-0.2, -0.15) is 0 Å². The highest BCUT2D eigenvalue weighted by atomic mass is 35.5. The van der Waals surface area contributed by atoms with Gasteiger partial charge in [-0.05, 0) is 71.2 Å². The van der Waals surface area contributed by atoms with Crippen molar-refractivity contribution < 1.29 is 28.3 Å². The average molecular weight is 567 g/mol. The Morgan fingerprint density at radius 2 is 1.95 bits per heavy atom. The monoisotopic (exact) mass is 566 g/mol. The molecule has 0 saturated heterocycles. The summed E-state index contributed by atoms with van der Waals surface area (Å²) in [7, 11) is 0.165. The largest absolute Gasteiger partial charge is 0.493 e. The molecule has 1 aliphatic rings. The fourth-order valence-corrected chi connectivity index (χ4v) is 5.35. The molecular weight excluding hydrogens is 528 g/mol. The lowest BCUT2D eigenvalue weighted by molar-refractivity contribution is 0.0395. The molecule has 0 spiro atoms. The van der Waals surface area contributed by atoms with Crippen LogP contribution in [-0.4, -0.2) is 45.2 Å². The summed E-state index contributed by atoms with van der Waals surface area (Å²) in [6.45, 7) is 12.1. The molecule has 0 radical (unpaired) electrons. The number of methoxy groups -OCH3 is 1. The molecule has 10 heteroatoms. The number of carbonyl (C=O) groups is 1. The van der Waals surface area contributed by atoms with Crippen LogP contribution in [0.2, 0.25) is 5.15 Å². The van der Waals surface area contributed by atoms with E-state index in [-0.39, 0.29) is 30.4 Å². The van der Waals surface area contributed by atoms with Crippen LogP contribution in [0.25, 0.3) is 0 Å². The Balaban J connectivity index is 1.83. The molecule has 0 fully saturated rings. The summed E-state index contributed by atoms with van der Waals surface area (Å²) >= 11 is 6.49. The molecule has 1 aromatic carbocycles. The van der Waals surface area contributed by atoms with Crippen LogP contribution in [0.15, 0.2) is 24.3 Å². The average Bonchev–Trinajstić information content (AvgIpc) is 3.24. The molecule has 1 aromatic heterocycles. The second kappa shape index (κ2) is 11.9. The number of ketones is 1. The highest BCUT2D eigenvalue weighted by molar-refractivity contribution is 7.84. The number of halogens is 1. The molecule has 3 atom stereocenters. The first-order chi connectivity index (χ1) is 17.8. The summed E-state index contributed by atoms with van der Waals surface area (Å²) in [4.78, 5) is 17.4. The van der Waals surface area contributed by atoms with E-state index in [2.05, 4.69) is 9.71 Å². The molecule has 2 heterocycles. The van der Waals surface area contributed by atoms with E-state index in [0.29, 0.717) is 47.1 Å². The first kappa shape index (κ1) is 30.3. The Morgan fingerprint density at radius 3 is 2.55 bits per heavy atom. The van der Waals surface area contributed by atoms with E-state index < -0.39 is 26.9 Å². The molecule has 2 aromatic rings. The minimum atomic E-state index is -1.45.